The third-order valence-corrected chi connectivity index (χ3v) is 4.11. The molecule has 0 atom stereocenters. The number of guanidine groups is 1. The Morgan fingerprint density at radius 3 is 2.48 bits per heavy atom. The third-order valence-electron chi connectivity index (χ3n) is 4.11. The number of nitrogens with zero attached hydrogens (tertiary/aromatic N) is 2. The van der Waals surface area contributed by atoms with Gasteiger partial charge in [-0.05, 0) is 52.4 Å². The van der Waals surface area contributed by atoms with Gasteiger partial charge in [0, 0.05) is 18.7 Å². The molecule has 0 bridgehead atoms. The molecule has 0 aromatic heterocycles. The van der Waals surface area contributed by atoms with Gasteiger partial charge in [0.1, 0.15) is 5.75 Å². The van der Waals surface area contributed by atoms with Gasteiger partial charge in [0.05, 0.1) is 13.2 Å². The van der Waals surface area contributed by atoms with Gasteiger partial charge in [-0.25, -0.2) is 4.99 Å². The highest BCUT2D eigenvalue weighted by atomic mass is 16.5. The SMILES string of the molecule is CCNC(=NCc1ccccc1OCC)NCCCCN(CC)CC. The molecule has 142 valence electrons. The number of para-hydroxylation sites is 1. The summed E-state index contributed by atoms with van der Waals surface area (Å²) in [7, 11) is 0. The monoisotopic (exact) mass is 348 g/mol. The number of hydrogen-bond acceptors (Lipinski definition) is 3. The summed E-state index contributed by atoms with van der Waals surface area (Å²) in [5.41, 5.74) is 1.11. The summed E-state index contributed by atoms with van der Waals surface area (Å²) in [6.07, 6.45) is 2.36. The summed E-state index contributed by atoms with van der Waals surface area (Å²) in [6.45, 7) is 15.1. The Morgan fingerprint density at radius 1 is 1.04 bits per heavy atom. The van der Waals surface area contributed by atoms with Crippen molar-refractivity contribution in [2.24, 2.45) is 4.99 Å². The Bertz CT molecular complexity index is 486. The Balaban J connectivity index is 2.46. The van der Waals surface area contributed by atoms with E-state index in [-0.39, 0.29) is 0 Å². The molecule has 0 fully saturated rings. The van der Waals surface area contributed by atoms with Gasteiger partial charge in [-0.2, -0.15) is 0 Å². The van der Waals surface area contributed by atoms with Gasteiger partial charge in [0.25, 0.3) is 0 Å². The Labute approximate surface area is 153 Å². The third kappa shape index (κ3) is 8.77. The van der Waals surface area contributed by atoms with Crippen LogP contribution in [0, 0.1) is 0 Å². The molecule has 0 radical (unpaired) electrons. The number of benzene rings is 1. The summed E-state index contributed by atoms with van der Waals surface area (Å²) < 4.78 is 5.67. The number of aliphatic imine (C=N–C) groups is 1. The second kappa shape index (κ2) is 13.5. The first-order valence-corrected chi connectivity index (χ1v) is 9.70. The van der Waals surface area contributed by atoms with Crippen LogP contribution in [0.1, 0.15) is 46.1 Å². The van der Waals surface area contributed by atoms with Crippen LogP contribution in [0.25, 0.3) is 0 Å². The molecular weight excluding hydrogens is 312 g/mol. The second-order valence-electron chi connectivity index (χ2n) is 5.90. The zero-order valence-electron chi connectivity index (χ0n) is 16.5. The van der Waals surface area contributed by atoms with Crippen LogP contribution in [0.3, 0.4) is 0 Å². The van der Waals surface area contributed by atoms with E-state index in [1.165, 1.54) is 13.0 Å². The first-order valence-electron chi connectivity index (χ1n) is 9.70. The lowest BCUT2D eigenvalue weighted by Crippen LogP contribution is -2.38. The molecule has 5 nitrogen and oxygen atoms in total. The number of unbranched alkanes of at least 4 members (excludes halogenated alkanes) is 1. The van der Waals surface area contributed by atoms with Crippen LogP contribution < -0.4 is 15.4 Å². The molecule has 0 aliphatic heterocycles. The van der Waals surface area contributed by atoms with Crippen molar-refractivity contribution < 1.29 is 4.74 Å². The van der Waals surface area contributed by atoms with Gasteiger partial charge in [-0.3, -0.25) is 0 Å². The summed E-state index contributed by atoms with van der Waals surface area (Å²) >= 11 is 0. The molecule has 0 saturated carbocycles. The van der Waals surface area contributed by atoms with Crippen LogP contribution in [0.2, 0.25) is 0 Å². The van der Waals surface area contributed by atoms with Crippen molar-refractivity contribution in [3.8, 4) is 5.75 Å². The van der Waals surface area contributed by atoms with E-state index in [4.69, 9.17) is 9.73 Å². The number of ether oxygens (including phenoxy) is 1. The highest BCUT2D eigenvalue weighted by molar-refractivity contribution is 5.79. The van der Waals surface area contributed by atoms with E-state index in [2.05, 4.69) is 42.4 Å². The molecule has 0 unspecified atom stereocenters. The predicted octanol–water partition coefficient (Wildman–Crippen LogP) is 3.26. The van der Waals surface area contributed by atoms with Crippen molar-refractivity contribution in [2.45, 2.75) is 47.1 Å². The van der Waals surface area contributed by atoms with Gasteiger partial charge in [0.2, 0.25) is 0 Å². The molecule has 2 N–H and O–H groups in total. The van der Waals surface area contributed by atoms with Crippen molar-refractivity contribution in [3.63, 3.8) is 0 Å². The molecule has 5 heteroatoms. The molecule has 1 aromatic rings. The van der Waals surface area contributed by atoms with Crippen LogP contribution in [0.5, 0.6) is 5.75 Å². The smallest absolute Gasteiger partial charge is 0.191 e. The Morgan fingerprint density at radius 2 is 1.80 bits per heavy atom. The van der Waals surface area contributed by atoms with Crippen molar-refractivity contribution >= 4 is 5.96 Å². The summed E-state index contributed by atoms with van der Waals surface area (Å²) in [6, 6.07) is 8.10. The molecule has 0 spiro atoms. The highest BCUT2D eigenvalue weighted by Crippen LogP contribution is 2.18. The first kappa shape index (κ1) is 21.3. The van der Waals surface area contributed by atoms with Crippen molar-refractivity contribution in [3.05, 3.63) is 29.8 Å². The quantitative estimate of drug-likeness (QED) is 0.346. The summed E-state index contributed by atoms with van der Waals surface area (Å²) in [4.78, 5) is 7.16. The molecule has 0 saturated heterocycles. The zero-order valence-corrected chi connectivity index (χ0v) is 16.5. The van der Waals surface area contributed by atoms with Crippen LogP contribution in [-0.4, -0.2) is 50.2 Å². The summed E-state index contributed by atoms with van der Waals surface area (Å²) in [5.74, 6) is 1.79. The van der Waals surface area contributed by atoms with Crippen molar-refractivity contribution in [2.75, 3.05) is 39.3 Å². The lowest BCUT2D eigenvalue weighted by atomic mass is 10.2. The van der Waals surface area contributed by atoms with E-state index in [1.807, 2.05) is 25.1 Å². The average Bonchev–Trinajstić information content (AvgIpc) is 2.64. The van der Waals surface area contributed by atoms with Gasteiger partial charge in [-0.15, -0.1) is 0 Å². The lowest BCUT2D eigenvalue weighted by molar-refractivity contribution is 0.297. The van der Waals surface area contributed by atoms with E-state index >= 15 is 0 Å². The van der Waals surface area contributed by atoms with Crippen LogP contribution in [0.15, 0.2) is 29.3 Å². The number of rotatable bonds is 12. The largest absolute Gasteiger partial charge is 0.494 e. The van der Waals surface area contributed by atoms with Gasteiger partial charge >= 0.3 is 0 Å². The lowest BCUT2D eigenvalue weighted by Gasteiger charge is -2.18. The second-order valence-corrected chi connectivity index (χ2v) is 5.90. The maximum absolute atomic E-state index is 5.67. The maximum atomic E-state index is 5.67. The minimum Gasteiger partial charge on any atom is -0.494 e. The van der Waals surface area contributed by atoms with E-state index in [0.29, 0.717) is 13.2 Å². The van der Waals surface area contributed by atoms with Gasteiger partial charge < -0.3 is 20.3 Å². The minimum absolute atomic E-state index is 0.616. The maximum Gasteiger partial charge on any atom is 0.191 e. The zero-order chi connectivity index (χ0) is 18.3. The van der Waals surface area contributed by atoms with E-state index in [9.17, 15) is 0 Å². The molecule has 1 aromatic carbocycles. The number of nitrogens with one attached hydrogen (secondary N) is 2. The van der Waals surface area contributed by atoms with Crippen LogP contribution in [0.4, 0.5) is 0 Å². The standard InChI is InChI=1S/C20H36N4O/c1-5-21-20(22-15-11-12-16-24(6-2)7-3)23-17-18-13-9-10-14-19(18)25-8-4/h9-10,13-14H,5-8,11-12,15-17H2,1-4H3,(H2,21,22,23). The number of hydrogen-bond donors (Lipinski definition) is 2. The fraction of sp³-hybridized carbons (Fsp3) is 0.650. The topological polar surface area (TPSA) is 48.9 Å². The minimum atomic E-state index is 0.616. The molecule has 0 aliphatic carbocycles. The fourth-order valence-electron chi connectivity index (χ4n) is 2.64. The molecular formula is C20H36N4O. The molecule has 0 heterocycles. The van der Waals surface area contributed by atoms with E-state index < -0.39 is 0 Å². The van der Waals surface area contributed by atoms with E-state index in [0.717, 1.165) is 49.9 Å². The molecule has 0 aliphatic rings. The fourth-order valence-corrected chi connectivity index (χ4v) is 2.64. The Hall–Kier alpha value is -1.75. The van der Waals surface area contributed by atoms with Crippen molar-refractivity contribution in [1.29, 1.82) is 0 Å². The molecule has 1 rings (SSSR count). The Kier molecular flexibility index (Phi) is 11.5. The normalized spacial score (nSPS) is 11.6. The van der Waals surface area contributed by atoms with Crippen LogP contribution in [-0.2, 0) is 6.54 Å². The first-order chi connectivity index (χ1) is 12.2. The van der Waals surface area contributed by atoms with Crippen molar-refractivity contribution in [1.82, 2.24) is 15.5 Å². The van der Waals surface area contributed by atoms with Crippen LogP contribution >= 0.6 is 0 Å². The average molecular weight is 349 g/mol. The molecule has 25 heavy (non-hydrogen) atoms. The molecule has 0 amide bonds. The van der Waals surface area contributed by atoms with E-state index in [1.54, 1.807) is 0 Å². The predicted molar refractivity (Wildman–Crippen MR) is 107 cm³/mol. The van der Waals surface area contributed by atoms with Gasteiger partial charge in [0.15, 0.2) is 5.96 Å². The highest BCUT2D eigenvalue weighted by Gasteiger charge is 2.03. The summed E-state index contributed by atoms with van der Waals surface area (Å²) in [5, 5.41) is 6.75. The van der Waals surface area contributed by atoms with Gasteiger partial charge in [-0.1, -0.05) is 32.0 Å².